The average molecular weight is 422 g/mol. The lowest BCUT2D eigenvalue weighted by atomic mass is 10.0. The third-order valence-electron chi connectivity index (χ3n) is 5.78. The number of carbonyl (C=O) groups excluding carboxylic acids is 1. The summed E-state index contributed by atoms with van der Waals surface area (Å²) in [4.78, 5) is 19.4. The zero-order valence-corrected chi connectivity index (χ0v) is 18.1. The Morgan fingerprint density at radius 1 is 1.13 bits per heavy atom. The third-order valence-corrected chi connectivity index (χ3v) is 6.09. The van der Waals surface area contributed by atoms with Gasteiger partial charge in [-0.15, -0.1) is 0 Å². The molecule has 0 aliphatic carbocycles. The Labute approximate surface area is 182 Å². The summed E-state index contributed by atoms with van der Waals surface area (Å²) in [5.41, 5.74) is 3.35. The number of likely N-dealkylation sites (tertiary alicyclic amines) is 1. The summed E-state index contributed by atoms with van der Waals surface area (Å²) in [6.45, 7) is 3.37. The number of H-pyrrole nitrogens is 1. The molecule has 1 aliphatic heterocycles. The van der Waals surface area contributed by atoms with Crippen LogP contribution in [0.2, 0.25) is 0 Å². The summed E-state index contributed by atoms with van der Waals surface area (Å²) in [7, 11) is 0. The van der Waals surface area contributed by atoms with Gasteiger partial charge in [0.1, 0.15) is 0 Å². The van der Waals surface area contributed by atoms with Gasteiger partial charge in [0.2, 0.25) is 5.91 Å². The Morgan fingerprint density at radius 3 is 2.67 bits per heavy atom. The maximum atomic E-state index is 13.3. The van der Waals surface area contributed by atoms with Crippen molar-refractivity contribution in [3.63, 3.8) is 0 Å². The van der Waals surface area contributed by atoms with Crippen molar-refractivity contribution in [3.8, 4) is 11.4 Å². The Kier molecular flexibility index (Phi) is 6.38. The highest BCUT2D eigenvalue weighted by Gasteiger charge is 2.26. The van der Waals surface area contributed by atoms with E-state index in [2.05, 4.69) is 39.1 Å². The second kappa shape index (κ2) is 9.34. The fraction of sp³-hybridized carbons (Fsp3) is 0.391. The molecular formula is C23H27N5OS. The van der Waals surface area contributed by atoms with Crippen molar-refractivity contribution in [3.05, 3.63) is 64.7 Å². The molecule has 1 fully saturated rings. The third kappa shape index (κ3) is 4.51. The van der Waals surface area contributed by atoms with Crippen molar-refractivity contribution in [2.75, 3.05) is 6.54 Å². The zero-order chi connectivity index (χ0) is 20.9. The van der Waals surface area contributed by atoms with Crippen LogP contribution in [0.5, 0.6) is 0 Å². The minimum Gasteiger partial charge on any atom is -0.336 e. The molecule has 2 aromatic heterocycles. The molecule has 1 aromatic carbocycles. The van der Waals surface area contributed by atoms with Crippen LogP contribution in [0.15, 0.2) is 48.8 Å². The van der Waals surface area contributed by atoms with Gasteiger partial charge < -0.3 is 4.90 Å². The van der Waals surface area contributed by atoms with Crippen LogP contribution >= 0.6 is 12.2 Å². The van der Waals surface area contributed by atoms with E-state index >= 15 is 0 Å². The van der Waals surface area contributed by atoms with Crippen LogP contribution < -0.4 is 0 Å². The van der Waals surface area contributed by atoms with Gasteiger partial charge in [-0.05, 0) is 49.7 Å². The van der Waals surface area contributed by atoms with Gasteiger partial charge in [-0.25, -0.2) is 0 Å². The van der Waals surface area contributed by atoms with Crippen molar-refractivity contribution < 1.29 is 4.79 Å². The van der Waals surface area contributed by atoms with E-state index in [1.807, 2.05) is 41.2 Å². The standard InChI is InChI=1S/C23H27N5OS/c1-17-6-8-19(9-7-17)22-25-26-23(30)28(22)16-12-21(29)27-15-4-2-3-5-20(27)18-10-13-24-14-11-18/h6-11,13-14,20H,2-5,12,15-16H2,1H3,(H,26,30). The maximum Gasteiger partial charge on any atom is 0.224 e. The summed E-state index contributed by atoms with van der Waals surface area (Å²) in [5, 5.41) is 7.28. The molecule has 0 saturated carbocycles. The molecule has 156 valence electrons. The quantitative estimate of drug-likeness (QED) is 0.598. The fourth-order valence-electron chi connectivity index (χ4n) is 4.14. The fourth-order valence-corrected chi connectivity index (χ4v) is 4.36. The largest absolute Gasteiger partial charge is 0.336 e. The molecule has 1 unspecified atom stereocenters. The summed E-state index contributed by atoms with van der Waals surface area (Å²) in [5.74, 6) is 0.936. The average Bonchev–Trinajstić information content (AvgIpc) is 2.98. The van der Waals surface area contributed by atoms with Gasteiger partial charge in [-0.3, -0.25) is 19.4 Å². The Hall–Kier alpha value is -2.80. The predicted octanol–water partition coefficient (Wildman–Crippen LogP) is 4.85. The normalized spacial score (nSPS) is 17.0. The number of aromatic amines is 1. The Balaban J connectivity index is 1.52. The van der Waals surface area contributed by atoms with Crippen LogP contribution in [0.1, 0.15) is 49.3 Å². The van der Waals surface area contributed by atoms with Crippen LogP contribution in [0.25, 0.3) is 11.4 Å². The lowest BCUT2D eigenvalue weighted by Gasteiger charge is -2.30. The molecule has 3 heterocycles. The smallest absolute Gasteiger partial charge is 0.224 e. The van der Waals surface area contributed by atoms with Crippen molar-refractivity contribution >= 4 is 18.1 Å². The lowest BCUT2D eigenvalue weighted by molar-refractivity contribution is -0.133. The van der Waals surface area contributed by atoms with Gasteiger partial charge in [0.25, 0.3) is 0 Å². The number of carbonyl (C=O) groups is 1. The van der Waals surface area contributed by atoms with Gasteiger partial charge in [-0.1, -0.05) is 42.7 Å². The topological polar surface area (TPSA) is 66.8 Å². The second-order valence-corrected chi connectivity index (χ2v) is 8.24. The lowest BCUT2D eigenvalue weighted by Crippen LogP contribution is -2.35. The van der Waals surface area contributed by atoms with E-state index in [1.54, 1.807) is 0 Å². The molecule has 7 heteroatoms. The molecule has 4 rings (SSSR count). The molecule has 0 spiro atoms. The highest BCUT2D eigenvalue weighted by atomic mass is 32.1. The van der Waals surface area contributed by atoms with Crippen molar-refractivity contribution in [1.29, 1.82) is 0 Å². The van der Waals surface area contributed by atoms with E-state index in [4.69, 9.17) is 12.2 Å². The first-order valence-electron chi connectivity index (χ1n) is 10.5. The molecule has 1 atom stereocenters. The first-order chi connectivity index (χ1) is 14.6. The molecule has 1 saturated heterocycles. The number of nitrogens with one attached hydrogen (secondary N) is 1. The molecular weight excluding hydrogens is 394 g/mol. The molecule has 6 nitrogen and oxygen atoms in total. The van der Waals surface area contributed by atoms with Gasteiger partial charge in [-0.2, -0.15) is 5.10 Å². The predicted molar refractivity (Wildman–Crippen MR) is 119 cm³/mol. The van der Waals surface area contributed by atoms with Gasteiger partial charge in [0.05, 0.1) is 6.04 Å². The highest BCUT2D eigenvalue weighted by molar-refractivity contribution is 7.71. The number of rotatable bonds is 5. The van der Waals surface area contributed by atoms with Crippen molar-refractivity contribution in [2.45, 2.75) is 51.6 Å². The molecule has 1 N–H and O–H groups in total. The number of pyridine rings is 1. The van der Waals surface area contributed by atoms with E-state index < -0.39 is 0 Å². The highest BCUT2D eigenvalue weighted by Crippen LogP contribution is 2.30. The Morgan fingerprint density at radius 2 is 1.90 bits per heavy atom. The van der Waals surface area contributed by atoms with E-state index in [9.17, 15) is 4.79 Å². The van der Waals surface area contributed by atoms with Crippen LogP contribution in [0.3, 0.4) is 0 Å². The van der Waals surface area contributed by atoms with Crippen LogP contribution in [-0.2, 0) is 11.3 Å². The van der Waals surface area contributed by atoms with Gasteiger partial charge in [0.15, 0.2) is 10.6 Å². The first-order valence-corrected chi connectivity index (χ1v) is 11.0. The molecule has 1 aliphatic rings. The van der Waals surface area contributed by atoms with Gasteiger partial charge >= 0.3 is 0 Å². The van der Waals surface area contributed by atoms with Crippen LogP contribution in [0, 0.1) is 11.7 Å². The molecule has 0 radical (unpaired) electrons. The summed E-state index contributed by atoms with van der Waals surface area (Å²) >= 11 is 5.44. The monoisotopic (exact) mass is 421 g/mol. The molecule has 3 aromatic rings. The summed E-state index contributed by atoms with van der Waals surface area (Å²) in [6, 6.07) is 12.4. The van der Waals surface area contributed by atoms with E-state index in [1.165, 1.54) is 11.1 Å². The summed E-state index contributed by atoms with van der Waals surface area (Å²) in [6.07, 6.45) is 8.36. The minimum absolute atomic E-state index is 0.122. The number of hydrogen-bond acceptors (Lipinski definition) is 4. The van der Waals surface area contributed by atoms with E-state index in [-0.39, 0.29) is 11.9 Å². The minimum atomic E-state index is 0.122. The van der Waals surface area contributed by atoms with E-state index in [0.29, 0.717) is 17.7 Å². The number of hydrogen-bond donors (Lipinski definition) is 1. The number of amides is 1. The molecule has 1 amide bonds. The van der Waals surface area contributed by atoms with Gasteiger partial charge in [0, 0.05) is 37.5 Å². The number of nitrogens with zero attached hydrogens (tertiary/aromatic N) is 4. The first kappa shape index (κ1) is 20.5. The van der Waals surface area contributed by atoms with Crippen molar-refractivity contribution in [2.24, 2.45) is 0 Å². The number of benzene rings is 1. The molecule has 0 bridgehead atoms. The number of aromatic nitrogens is 4. The van der Waals surface area contributed by atoms with Crippen LogP contribution in [-0.4, -0.2) is 37.1 Å². The Bertz CT molecular complexity index is 1040. The van der Waals surface area contributed by atoms with E-state index in [0.717, 1.165) is 43.6 Å². The molecule has 30 heavy (non-hydrogen) atoms. The van der Waals surface area contributed by atoms with Crippen LogP contribution in [0.4, 0.5) is 0 Å². The summed E-state index contributed by atoms with van der Waals surface area (Å²) < 4.78 is 2.47. The maximum absolute atomic E-state index is 13.3. The zero-order valence-electron chi connectivity index (χ0n) is 17.3. The van der Waals surface area contributed by atoms with Crippen molar-refractivity contribution in [1.82, 2.24) is 24.6 Å². The second-order valence-electron chi connectivity index (χ2n) is 7.85. The number of aryl methyl sites for hydroxylation is 1. The SMILES string of the molecule is Cc1ccc(-c2n[nH]c(=S)n2CCC(=O)N2CCCCCC2c2ccncc2)cc1.